The Morgan fingerprint density at radius 2 is 2.09 bits per heavy atom. The third-order valence-electron chi connectivity index (χ3n) is 2.77. The van der Waals surface area contributed by atoms with Crippen LogP contribution in [0.4, 0.5) is 18.9 Å². The zero-order chi connectivity index (χ0) is 17.2. The van der Waals surface area contributed by atoms with Crippen molar-refractivity contribution in [3.05, 3.63) is 52.2 Å². The van der Waals surface area contributed by atoms with Crippen LogP contribution in [-0.2, 0) is 10.8 Å². The van der Waals surface area contributed by atoms with Gasteiger partial charge in [-0.3, -0.25) is 14.6 Å². The average molecular weight is 345 g/mol. The van der Waals surface area contributed by atoms with Crippen molar-refractivity contribution in [1.29, 1.82) is 0 Å². The molecule has 1 amide bonds. The second kappa shape index (κ2) is 6.32. The van der Waals surface area contributed by atoms with Crippen LogP contribution < -0.4 is 10.9 Å². The van der Waals surface area contributed by atoms with Gasteiger partial charge in [-0.25, -0.2) is 4.21 Å². The lowest BCUT2D eigenvalue weighted by atomic mass is 10.2. The number of amides is 1. The van der Waals surface area contributed by atoms with Crippen LogP contribution in [0, 0.1) is 6.92 Å². The number of H-pyrrole nitrogens is 1. The van der Waals surface area contributed by atoms with E-state index < -0.39 is 38.4 Å². The summed E-state index contributed by atoms with van der Waals surface area (Å²) in [6.45, 7) is 1.61. The highest BCUT2D eigenvalue weighted by Crippen LogP contribution is 2.26. The molecule has 0 spiro atoms. The van der Waals surface area contributed by atoms with E-state index in [9.17, 15) is 27.0 Å². The van der Waals surface area contributed by atoms with Crippen molar-refractivity contribution in [2.75, 3.05) is 5.32 Å². The Kier molecular flexibility index (Phi) is 4.64. The number of carbonyl (C=O) groups excluding carboxylic acids is 1. The predicted octanol–water partition coefficient (Wildman–Crippen LogP) is 1.96. The molecule has 1 unspecified atom stereocenters. The summed E-state index contributed by atoms with van der Waals surface area (Å²) in [6.07, 6.45) is 2.05. The van der Waals surface area contributed by atoms with Gasteiger partial charge in [-0.15, -0.1) is 0 Å². The standard InChI is InChI=1S/C13H10F3N3O3S/c1-7-3-2-4-17-10(7)12(21)19-9-5-8(6-18-11(9)20)23(22)13(14,15)16/h2-6H,1H3,(H,18,20)(H,19,21). The largest absolute Gasteiger partial charge is 0.475 e. The van der Waals surface area contributed by atoms with E-state index in [1.54, 1.807) is 19.1 Å². The number of halogens is 3. The molecule has 0 saturated carbocycles. The number of anilines is 1. The first-order chi connectivity index (χ1) is 10.7. The molecule has 0 aliphatic carbocycles. The number of aromatic nitrogens is 2. The van der Waals surface area contributed by atoms with Crippen molar-refractivity contribution in [2.45, 2.75) is 17.3 Å². The van der Waals surface area contributed by atoms with E-state index >= 15 is 0 Å². The molecule has 0 bridgehead atoms. The monoisotopic (exact) mass is 345 g/mol. The second-order valence-corrected chi connectivity index (χ2v) is 5.89. The lowest BCUT2D eigenvalue weighted by Gasteiger charge is -2.09. The SMILES string of the molecule is Cc1cccnc1C(=O)Nc1cc(S(=O)C(F)(F)F)c[nH]c1=O. The van der Waals surface area contributed by atoms with Gasteiger partial charge < -0.3 is 10.3 Å². The summed E-state index contributed by atoms with van der Waals surface area (Å²) in [5, 5.41) is 2.17. The first kappa shape index (κ1) is 16.9. The van der Waals surface area contributed by atoms with Crippen LogP contribution in [0.2, 0.25) is 0 Å². The zero-order valence-corrected chi connectivity index (χ0v) is 12.4. The molecule has 2 heterocycles. The number of nitrogens with zero attached hydrogens (tertiary/aromatic N) is 1. The smallest absolute Gasteiger partial charge is 0.326 e. The van der Waals surface area contributed by atoms with Crippen molar-refractivity contribution in [3.63, 3.8) is 0 Å². The van der Waals surface area contributed by atoms with Crippen LogP contribution >= 0.6 is 0 Å². The van der Waals surface area contributed by atoms with Gasteiger partial charge in [0.15, 0.2) is 10.8 Å². The van der Waals surface area contributed by atoms with Gasteiger partial charge in [-0.2, -0.15) is 13.2 Å². The van der Waals surface area contributed by atoms with E-state index in [-0.39, 0.29) is 5.69 Å². The maximum Gasteiger partial charge on any atom is 0.475 e. The highest BCUT2D eigenvalue weighted by molar-refractivity contribution is 7.86. The van der Waals surface area contributed by atoms with E-state index in [1.165, 1.54) is 6.20 Å². The number of hydrogen-bond acceptors (Lipinski definition) is 4. The molecule has 0 aliphatic heterocycles. The maximum absolute atomic E-state index is 12.5. The molecule has 2 N–H and O–H groups in total. The molecule has 2 rings (SSSR count). The lowest BCUT2D eigenvalue weighted by molar-refractivity contribution is -0.0384. The molecular formula is C13H10F3N3O3S. The third kappa shape index (κ3) is 3.83. The van der Waals surface area contributed by atoms with E-state index in [1.807, 2.05) is 4.98 Å². The molecule has 0 radical (unpaired) electrons. The van der Waals surface area contributed by atoms with Crippen molar-refractivity contribution in [3.8, 4) is 0 Å². The quantitative estimate of drug-likeness (QED) is 0.889. The van der Waals surface area contributed by atoms with Gasteiger partial charge in [0.05, 0.1) is 4.90 Å². The minimum atomic E-state index is -4.98. The average Bonchev–Trinajstić information content (AvgIpc) is 2.48. The summed E-state index contributed by atoms with van der Waals surface area (Å²) in [5.41, 5.74) is -5.70. The van der Waals surface area contributed by atoms with E-state index in [0.29, 0.717) is 11.8 Å². The van der Waals surface area contributed by atoms with Gasteiger partial charge in [0.2, 0.25) is 0 Å². The number of nitrogens with one attached hydrogen (secondary N) is 2. The van der Waals surface area contributed by atoms with Crippen molar-refractivity contribution >= 4 is 22.4 Å². The molecule has 6 nitrogen and oxygen atoms in total. The van der Waals surface area contributed by atoms with Crippen LogP contribution in [0.3, 0.4) is 0 Å². The lowest BCUT2D eigenvalue weighted by Crippen LogP contribution is -2.23. The molecule has 23 heavy (non-hydrogen) atoms. The molecule has 2 aromatic rings. The van der Waals surface area contributed by atoms with Gasteiger partial charge >= 0.3 is 5.51 Å². The summed E-state index contributed by atoms with van der Waals surface area (Å²) >= 11 is 0. The van der Waals surface area contributed by atoms with E-state index in [2.05, 4.69) is 10.3 Å². The number of hydrogen-bond donors (Lipinski definition) is 2. The minimum Gasteiger partial charge on any atom is -0.326 e. The fraction of sp³-hybridized carbons (Fsp3) is 0.154. The molecule has 10 heteroatoms. The van der Waals surface area contributed by atoms with E-state index in [0.717, 1.165) is 6.07 Å². The maximum atomic E-state index is 12.5. The van der Waals surface area contributed by atoms with Gasteiger partial charge in [-0.1, -0.05) is 6.07 Å². The molecule has 122 valence electrons. The predicted molar refractivity (Wildman–Crippen MR) is 76.5 cm³/mol. The fourth-order valence-electron chi connectivity index (χ4n) is 1.70. The summed E-state index contributed by atoms with van der Waals surface area (Å²) < 4.78 is 48.7. The highest BCUT2D eigenvalue weighted by atomic mass is 32.2. The summed E-state index contributed by atoms with van der Waals surface area (Å²) in [4.78, 5) is 28.8. The Morgan fingerprint density at radius 1 is 1.39 bits per heavy atom. The second-order valence-electron chi connectivity index (χ2n) is 4.42. The Bertz CT molecular complexity index is 833. The zero-order valence-electron chi connectivity index (χ0n) is 11.6. The van der Waals surface area contributed by atoms with Gasteiger partial charge in [0.25, 0.3) is 11.5 Å². The van der Waals surface area contributed by atoms with Crippen molar-refractivity contribution in [2.24, 2.45) is 0 Å². The Balaban J connectivity index is 2.34. The summed E-state index contributed by atoms with van der Waals surface area (Å²) in [6, 6.07) is 3.94. The normalized spacial score (nSPS) is 12.7. The van der Waals surface area contributed by atoms with Crippen LogP contribution in [0.1, 0.15) is 16.1 Å². The minimum absolute atomic E-state index is 0.0225. The molecule has 0 saturated heterocycles. The topological polar surface area (TPSA) is 91.9 Å². The molecule has 0 aromatic carbocycles. The van der Waals surface area contributed by atoms with Crippen LogP contribution in [-0.4, -0.2) is 25.6 Å². The van der Waals surface area contributed by atoms with Crippen molar-refractivity contribution < 1.29 is 22.2 Å². The summed E-state index contributed by atoms with van der Waals surface area (Å²) in [5.74, 6) is -0.761. The number of aryl methyl sites for hydroxylation is 1. The van der Waals surface area contributed by atoms with Crippen LogP contribution in [0.25, 0.3) is 0 Å². The Labute approximate surface area is 130 Å². The van der Waals surface area contributed by atoms with Crippen molar-refractivity contribution in [1.82, 2.24) is 9.97 Å². The first-order valence-corrected chi connectivity index (χ1v) is 7.29. The first-order valence-electron chi connectivity index (χ1n) is 6.14. The molecule has 2 aromatic heterocycles. The van der Waals surface area contributed by atoms with Gasteiger partial charge in [-0.05, 0) is 24.6 Å². The number of alkyl halides is 3. The molecule has 0 aliphatic rings. The van der Waals surface area contributed by atoms with Gasteiger partial charge in [0, 0.05) is 12.4 Å². The molecule has 1 atom stereocenters. The highest BCUT2D eigenvalue weighted by Gasteiger charge is 2.38. The summed E-state index contributed by atoms with van der Waals surface area (Å²) in [7, 11) is -3.32. The van der Waals surface area contributed by atoms with Crippen LogP contribution in [0.15, 0.2) is 40.3 Å². The van der Waals surface area contributed by atoms with Gasteiger partial charge in [0.1, 0.15) is 11.4 Å². The Morgan fingerprint density at radius 3 is 2.70 bits per heavy atom. The Hall–Kier alpha value is -2.49. The number of carbonyl (C=O) groups is 1. The number of aromatic amines is 1. The van der Waals surface area contributed by atoms with Crippen LogP contribution in [0.5, 0.6) is 0 Å². The van der Waals surface area contributed by atoms with E-state index in [4.69, 9.17) is 0 Å². The molecular weight excluding hydrogens is 335 g/mol. The number of pyridine rings is 2. The molecule has 0 fully saturated rings. The fourth-order valence-corrected chi connectivity index (χ4v) is 2.36. The third-order valence-corrected chi connectivity index (χ3v) is 3.86. The number of rotatable bonds is 3.